The lowest BCUT2D eigenvalue weighted by Gasteiger charge is -2.05. The Morgan fingerprint density at radius 2 is 2.00 bits per heavy atom. The Kier molecular flexibility index (Phi) is 4.38. The SMILES string of the molecule is O=C(Cc1nccs1)c1cn(Cc2ccccc2)c2ccc(Cl)cc12. The number of carbonyl (C=O) groups is 1. The van der Waals surface area contributed by atoms with E-state index in [1.807, 2.05) is 48.0 Å². The van der Waals surface area contributed by atoms with E-state index in [9.17, 15) is 4.79 Å². The Labute approximate surface area is 154 Å². The van der Waals surface area contributed by atoms with Crippen molar-refractivity contribution < 1.29 is 4.79 Å². The van der Waals surface area contributed by atoms with Gasteiger partial charge in [0.15, 0.2) is 5.78 Å². The largest absolute Gasteiger partial charge is 0.342 e. The molecule has 0 saturated carbocycles. The average Bonchev–Trinajstić information content (AvgIpc) is 3.24. The molecule has 0 amide bonds. The normalized spacial score (nSPS) is 11.1. The number of rotatable bonds is 5. The molecule has 2 aromatic carbocycles. The molecular formula is C20H15ClN2OS. The van der Waals surface area contributed by atoms with Crippen LogP contribution in [0.25, 0.3) is 10.9 Å². The molecule has 0 N–H and O–H groups in total. The third-order valence-corrected chi connectivity index (χ3v) is 5.15. The van der Waals surface area contributed by atoms with Crippen molar-refractivity contribution in [1.29, 1.82) is 0 Å². The first-order valence-electron chi connectivity index (χ1n) is 7.94. The number of thiazole rings is 1. The van der Waals surface area contributed by atoms with E-state index in [4.69, 9.17) is 11.6 Å². The molecule has 0 atom stereocenters. The smallest absolute Gasteiger partial charge is 0.171 e. The van der Waals surface area contributed by atoms with Gasteiger partial charge in [0, 0.05) is 45.8 Å². The molecule has 0 aliphatic heterocycles. The summed E-state index contributed by atoms with van der Waals surface area (Å²) in [4.78, 5) is 17.0. The molecule has 2 aromatic heterocycles. The van der Waals surface area contributed by atoms with Crippen LogP contribution in [-0.4, -0.2) is 15.3 Å². The minimum absolute atomic E-state index is 0.0639. The maximum absolute atomic E-state index is 12.8. The molecule has 3 nitrogen and oxygen atoms in total. The van der Waals surface area contributed by atoms with Gasteiger partial charge in [-0.15, -0.1) is 11.3 Å². The predicted octanol–water partition coefficient (Wildman–Crippen LogP) is 5.22. The number of aromatic nitrogens is 2. The minimum atomic E-state index is 0.0639. The molecule has 2 heterocycles. The van der Waals surface area contributed by atoms with Gasteiger partial charge in [0.2, 0.25) is 0 Å². The lowest BCUT2D eigenvalue weighted by Crippen LogP contribution is -2.03. The number of ketones is 1. The zero-order valence-corrected chi connectivity index (χ0v) is 14.9. The van der Waals surface area contributed by atoms with Crippen molar-refractivity contribution in [3.8, 4) is 0 Å². The monoisotopic (exact) mass is 366 g/mol. The number of nitrogens with zero attached hydrogens (tertiary/aromatic N) is 2. The summed E-state index contributed by atoms with van der Waals surface area (Å²) in [5.41, 5.74) is 2.90. The number of fused-ring (bicyclic) bond motifs is 1. The number of hydrogen-bond donors (Lipinski definition) is 0. The van der Waals surface area contributed by atoms with Crippen molar-refractivity contribution in [2.24, 2.45) is 0 Å². The molecule has 0 unspecified atom stereocenters. The molecule has 5 heteroatoms. The summed E-state index contributed by atoms with van der Waals surface area (Å²) >= 11 is 7.68. The van der Waals surface area contributed by atoms with E-state index in [0.717, 1.165) is 15.9 Å². The highest BCUT2D eigenvalue weighted by Crippen LogP contribution is 2.27. The van der Waals surface area contributed by atoms with Gasteiger partial charge in [-0.2, -0.15) is 0 Å². The van der Waals surface area contributed by atoms with Crippen molar-refractivity contribution in [3.63, 3.8) is 0 Å². The summed E-state index contributed by atoms with van der Waals surface area (Å²) in [5, 5.41) is 4.24. The Hall–Kier alpha value is -2.43. The highest BCUT2D eigenvalue weighted by molar-refractivity contribution is 7.09. The van der Waals surface area contributed by atoms with Gasteiger partial charge in [0.1, 0.15) is 5.01 Å². The number of carbonyl (C=O) groups excluding carboxylic acids is 1. The standard InChI is InChI=1S/C20H15ClN2OS/c21-15-6-7-18-16(10-15)17(19(24)11-20-22-8-9-25-20)13-23(18)12-14-4-2-1-3-5-14/h1-10,13H,11-12H2. The molecule has 0 fully saturated rings. The maximum Gasteiger partial charge on any atom is 0.171 e. The van der Waals surface area contributed by atoms with Crippen LogP contribution in [0.3, 0.4) is 0 Å². The van der Waals surface area contributed by atoms with E-state index >= 15 is 0 Å². The predicted molar refractivity (Wildman–Crippen MR) is 103 cm³/mol. The van der Waals surface area contributed by atoms with Gasteiger partial charge in [-0.1, -0.05) is 41.9 Å². The Morgan fingerprint density at radius 3 is 2.76 bits per heavy atom. The van der Waals surface area contributed by atoms with Gasteiger partial charge in [-0.25, -0.2) is 4.98 Å². The second-order valence-corrected chi connectivity index (χ2v) is 7.26. The first kappa shape index (κ1) is 16.1. The van der Waals surface area contributed by atoms with Crippen LogP contribution in [0.5, 0.6) is 0 Å². The second-order valence-electron chi connectivity index (χ2n) is 5.84. The quantitative estimate of drug-likeness (QED) is 0.453. The number of halogens is 1. The van der Waals surface area contributed by atoms with Gasteiger partial charge in [0.25, 0.3) is 0 Å². The molecule has 0 saturated heterocycles. The van der Waals surface area contributed by atoms with Crippen molar-refractivity contribution in [2.45, 2.75) is 13.0 Å². The van der Waals surface area contributed by atoms with Crippen molar-refractivity contribution >= 4 is 39.6 Å². The van der Waals surface area contributed by atoms with Crippen LogP contribution in [0.15, 0.2) is 66.3 Å². The van der Waals surface area contributed by atoms with Crippen LogP contribution in [0.1, 0.15) is 20.9 Å². The van der Waals surface area contributed by atoms with E-state index in [1.54, 1.807) is 6.20 Å². The summed E-state index contributed by atoms with van der Waals surface area (Å²) < 4.78 is 2.11. The van der Waals surface area contributed by atoms with Gasteiger partial charge in [-0.05, 0) is 23.8 Å². The first-order chi connectivity index (χ1) is 12.2. The lowest BCUT2D eigenvalue weighted by atomic mass is 10.1. The molecule has 25 heavy (non-hydrogen) atoms. The zero-order valence-electron chi connectivity index (χ0n) is 13.4. The molecule has 0 bridgehead atoms. The maximum atomic E-state index is 12.8. The van der Waals surface area contributed by atoms with E-state index in [2.05, 4.69) is 21.7 Å². The van der Waals surface area contributed by atoms with E-state index in [-0.39, 0.29) is 5.78 Å². The molecule has 124 valence electrons. The molecule has 4 aromatic rings. The topological polar surface area (TPSA) is 34.9 Å². The van der Waals surface area contributed by atoms with Crippen molar-refractivity contribution in [1.82, 2.24) is 9.55 Å². The highest BCUT2D eigenvalue weighted by Gasteiger charge is 2.17. The summed E-state index contributed by atoms with van der Waals surface area (Å²) in [6, 6.07) is 15.9. The Balaban J connectivity index is 1.75. The number of Topliss-reactive ketones (excluding diaryl/α,β-unsaturated/α-hetero) is 1. The third kappa shape index (κ3) is 3.36. The fourth-order valence-corrected chi connectivity index (χ4v) is 3.76. The van der Waals surface area contributed by atoms with Crippen molar-refractivity contribution in [2.75, 3.05) is 0 Å². The molecule has 0 spiro atoms. The zero-order chi connectivity index (χ0) is 17.2. The molecular weight excluding hydrogens is 352 g/mol. The van der Waals surface area contributed by atoms with Crippen LogP contribution in [-0.2, 0) is 13.0 Å². The van der Waals surface area contributed by atoms with Gasteiger partial charge in [0.05, 0.1) is 6.42 Å². The minimum Gasteiger partial charge on any atom is -0.342 e. The van der Waals surface area contributed by atoms with Crippen LogP contribution in [0.2, 0.25) is 5.02 Å². The fourth-order valence-electron chi connectivity index (χ4n) is 2.98. The summed E-state index contributed by atoms with van der Waals surface area (Å²) in [6.07, 6.45) is 3.97. The molecule has 0 radical (unpaired) electrons. The second kappa shape index (κ2) is 6.82. The van der Waals surface area contributed by atoms with Crippen LogP contribution in [0, 0.1) is 0 Å². The highest BCUT2D eigenvalue weighted by atomic mass is 35.5. The number of benzene rings is 2. The summed E-state index contributed by atoms with van der Waals surface area (Å²) in [5.74, 6) is 0.0639. The summed E-state index contributed by atoms with van der Waals surface area (Å²) in [7, 11) is 0. The Bertz CT molecular complexity index is 1020. The van der Waals surface area contributed by atoms with E-state index < -0.39 is 0 Å². The van der Waals surface area contributed by atoms with E-state index in [1.165, 1.54) is 16.9 Å². The van der Waals surface area contributed by atoms with Gasteiger partial charge < -0.3 is 4.57 Å². The average molecular weight is 367 g/mol. The third-order valence-electron chi connectivity index (χ3n) is 4.13. The van der Waals surface area contributed by atoms with Crippen LogP contribution >= 0.6 is 22.9 Å². The Morgan fingerprint density at radius 1 is 1.16 bits per heavy atom. The van der Waals surface area contributed by atoms with Gasteiger partial charge >= 0.3 is 0 Å². The van der Waals surface area contributed by atoms with E-state index in [0.29, 0.717) is 23.6 Å². The molecule has 4 rings (SSSR count). The van der Waals surface area contributed by atoms with Crippen molar-refractivity contribution in [3.05, 3.63) is 87.5 Å². The lowest BCUT2D eigenvalue weighted by molar-refractivity contribution is 0.0994. The summed E-state index contributed by atoms with van der Waals surface area (Å²) in [6.45, 7) is 0.712. The fraction of sp³-hybridized carbons (Fsp3) is 0.100. The first-order valence-corrected chi connectivity index (χ1v) is 9.20. The van der Waals surface area contributed by atoms with Crippen LogP contribution < -0.4 is 0 Å². The molecule has 0 aliphatic carbocycles. The van der Waals surface area contributed by atoms with Crippen LogP contribution in [0.4, 0.5) is 0 Å². The molecule has 0 aliphatic rings. The number of hydrogen-bond acceptors (Lipinski definition) is 3. The van der Waals surface area contributed by atoms with Gasteiger partial charge in [-0.3, -0.25) is 4.79 Å².